The van der Waals surface area contributed by atoms with Crippen LogP contribution in [-0.4, -0.2) is 24.0 Å². The van der Waals surface area contributed by atoms with Crippen LogP contribution in [0.25, 0.3) is 0 Å². The van der Waals surface area contributed by atoms with Crippen molar-refractivity contribution in [2.45, 2.75) is 40.2 Å². The standard InChI is InChI=1S/C12H17NO2.C2H6/c1-8-6-10(4-5-12(8)15)7-11(13-3)9(2)14;1-2/h4-6,11,13,15H,7H2,1-3H3;1-2H3. The van der Waals surface area contributed by atoms with E-state index >= 15 is 0 Å². The van der Waals surface area contributed by atoms with E-state index in [2.05, 4.69) is 5.32 Å². The van der Waals surface area contributed by atoms with Crippen molar-refractivity contribution in [3.05, 3.63) is 29.3 Å². The van der Waals surface area contributed by atoms with Gasteiger partial charge in [-0.15, -0.1) is 0 Å². The van der Waals surface area contributed by atoms with Crippen LogP contribution in [0.5, 0.6) is 5.75 Å². The molecular formula is C14H23NO2. The third kappa shape index (κ3) is 5.00. The van der Waals surface area contributed by atoms with Crippen LogP contribution in [0.1, 0.15) is 31.9 Å². The number of aryl methyl sites for hydroxylation is 1. The summed E-state index contributed by atoms with van der Waals surface area (Å²) in [5.41, 5.74) is 1.89. The maximum absolute atomic E-state index is 11.2. The quantitative estimate of drug-likeness (QED) is 0.845. The van der Waals surface area contributed by atoms with Gasteiger partial charge in [0.1, 0.15) is 11.5 Å². The molecule has 0 bridgehead atoms. The summed E-state index contributed by atoms with van der Waals surface area (Å²) in [5, 5.41) is 12.3. The van der Waals surface area contributed by atoms with E-state index in [0.29, 0.717) is 12.2 Å². The van der Waals surface area contributed by atoms with E-state index in [0.717, 1.165) is 11.1 Å². The highest BCUT2D eigenvalue weighted by molar-refractivity contribution is 5.81. The molecule has 3 nitrogen and oxygen atoms in total. The van der Waals surface area contributed by atoms with Crippen molar-refractivity contribution in [3.63, 3.8) is 0 Å². The van der Waals surface area contributed by atoms with E-state index in [1.54, 1.807) is 20.0 Å². The molecule has 0 fully saturated rings. The van der Waals surface area contributed by atoms with Crippen molar-refractivity contribution in [2.75, 3.05) is 7.05 Å². The Hall–Kier alpha value is -1.35. The number of rotatable bonds is 4. The zero-order valence-corrected chi connectivity index (χ0v) is 11.4. The molecule has 0 aliphatic rings. The van der Waals surface area contributed by atoms with E-state index < -0.39 is 0 Å². The Morgan fingerprint density at radius 2 is 2.00 bits per heavy atom. The molecule has 0 spiro atoms. The number of nitrogens with one attached hydrogen (secondary N) is 1. The van der Waals surface area contributed by atoms with Gasteiger partial charge in [-0.1, -0.05) is 26.0 Å². The molecule has 17 heavy (non-hydrogen) atoms. The number of carbonyl (C=O) groups excluding carboxylic acids is 1. The lowest BCUT2D eigenvalue weighted by atomic mass is 10.0. The van der Waals surface area contributed by atoms with Gasteiger partial charge in [-0.05, 0) is 44.5 Å². The summed E-state index contributed by atoms with van der Waals surface area (Å²) < 4.78 is 0. The number of phenols is 1. The second kappa shape index (κ2) is 7.85. The first-order chi connectivity index (χ1) is 8.04. The van der Waals surface area contributed by atoms with Crippen LogP contribution in [0.15, 0.2) is 18.2 Å². The molecule has 1 rings (SSSR count). The molecule has 1 unspecified atom stereocenters. The third-order valence-electron chi connectivity index (χ3n) is 2.54. The molecule has 0 aliphatic carbocycles. The zero-order valence-electron chi connectivity index (χ0n) is 11.4. The molecule has 2 N–H and O–H groups in total. The Bertz CT molecular complexity index is 361. The summed E-state index contributed by atoms with van der Waals surface area (Å²) in [6.07, 6.45) is 0.660. The number of Topliss-reactive ketones (excluding diaryl/α,β-unsaturated/α-hetero) is 1. The average molecular weight is 237 g/mol. The predicted molar refractivity (Wildman–Crippen MR) is 71.4 cm³/mol. The minimum Gasteiger partial charge on any atom is -0.508 e. The number of hydrogen-bond acceptors (Lipinski definition) is 3. The molecular weight excluding hydrogens is 214 g/mol. The Balaban J connectivity index is 0.00000121. The highest BCUT2D eigenvalue weighted by Crippen LogP contribution is 2.17. The summed E-state index contributed by atoms with van der Waals surface area (Å²) >= 11 is 0. The van der Waals surface area contributed by atoms with Gasteiger partial charge in [0.05, 0.1) is 6.04 Å². The van der Waals surface area contributed by atoms with Crippen molar-refractivity contribution in [1.29, 1.82) is 0 Å². The number of aromatic hydroxyl groups is 1. The van der Waals surface area contributed by atoms with E-state index in [4.69, 9.17) is 0 Å². The molecule has 0 saturated heterocycles. The van der Waals surface area contributed by atoms with Gasteiger partial charge in [0, 0.05) is 0 Å². The van der Waals surface area contributed by atoms with E-state index in [9.17, 15) is 9.90 Å². The number of ketones is 1. The first-order valence-electron chi connectivity index (χ1n) is 6.00. The molecule has 1 aromatic carbocycles. The number of likely N-dealkylation sites (N-methyl/N-ethyl adjacent to an activating group) is 1. The van der Waals surface area contributed by atoms with Crippen LogP contribution in [0.4, 0.5) is 0 Å². The minimum absolute atomic E-state index is 0.128. The molecule has 1 atom stereocenters. The third-order valence-corrected chi connectivity index (χ3v) is 2.54. The smallest absolute Gasteiger partial charge is 0.147 e. The van der Waals surface area contributed by atoms with Crippen molar-refractivity contribution >= 4 is 5.78 Å². The number of carbonyl (C=O) groups is 1. The zero-order chi connectivity index (χ0) is 13.4. The predicted octanol–water partition coefficient (Wildman–Crippen LogP) is 2.45. The van der Waals surface area contributed by atoms with Crippen molar-refractivity contribution in [1.82, 2.24) is 5.32 Å². The van der Waals surface area contributed by atoms with Gasteiger partial charge >= 0.3 is 0 Å². The van der Waals surface area contributed by atoms with Crippen molar-refractivity contribution < 1.29 is 9.90 Å². The number of hydrogen-bond donors (Lipinski definition) is 2. The fraction of sp³-hybridized carbons (Fsp3) is 0.500. The lowest BCUT2D eigenvalue weighted by molar-refractivity contribution is -0.118. The van der Waals surface area contributed by atoms with Gasteiger partial charge in [-0.3, -0.25) is 4.79 Å². The Kier molecular flexibility index (Phi) is 7.22. The second-order valence-corrected chi connectivity index (χ2v) is 3.78. The Morgan fingerprint density at radius 3 is 2.41 bits per heavy atom. The average Bonchev–Trinajstić information content (AvgIpc) is 2.32. The SMILES string of the molecule is CC.CNC(Cc1ccc(O)c(C)c1)C(C)=O. The molecule has 0 amide bonds. The highest BCUT2D eigenvalue weighted by Gasteiger charge is 2.12. The summed E-state index contributed by atoms with van der Waals surface area (Å²) in [6, 6.07) is 5.27. The minimum atomic E-state index is -0.144. The maximum atomic E-state index is 11.2. The maximum Gasteiger partial charge on any atom is 0.147 e. The largest absolute Gasteiger partial charge is 0.508 e. The fourth-order valence-electron chi connectivity index (χ4n) is 1.53. The Morgan fingerprint density at radius 1 is 1.41 bits per heavy atom. The topological polar surface area (TPSA) is 49.3 Å². The fourth-order valence-corrected chi connectivity index (χ4v) is 1.53. The van der Waals surface area contributed by atoms with Gasteiger partial charge in [-0.25, -0.2) is 0 Å². The summed E-state index contributed by atoms with van der Waals surface area (Å²) in [6.45, 7) is 7.43. The molecule has 0 heterocycles. The van der Waals surface area contributed by atoms with Gasteiger partial charge in [0.15, 0.2) is 0 Å². The summed E-state index contributed by atoms with van der Waals surface area (Å²) in [7, 11) is 1.78. The first-order valence-corrected chi connectivity index (χ1v) is 6.00. The molecule has 0 aliphatic heterocycles. The summed E-state index contributed by atoms with van der Waals surface area (Å²) in [5.74, 6) is 0.422. The molecule has 3 heteroatoms. The van der Waals surface area contributed by atoms with Crippen LogP contribution in [0.3, 0.4) is 0 Å². The van der Waals surface area contributed by atoms with Crippen LogP contribution < -0.4 is 5.32 Å². The lowest BCUT2D eigenvalue weighted by Gasteiger charge is -2.13. The lowest BCUT2D eigenvalue weighted by Crippen LogP contribution is -2.34. The molecule has 0 aromatic heterocycles. The van der Waals surface area contributed by atoms with Gasteiger partial charge < -0.3 is 10.4 Å². The number of phenolic OH excluding ortho intramolecular Hbond substituents is 1. The monoisotopic (exact) mass is 237 g/mol. The van der Waals surface area contributed by atoms with Crippen molar-refractivity contribution in [3.8, 4) is 5.75 Å². The number of benzene rings is 1. The molecule has 96 valence electrons. The first kappa shape index (κ1) is 15.7. The van der Waals surface area contributed by atoms with Crippen LogP contribution >= 0.6 is 0 Å². The highest BCUT2D eigenvalue weighted by atomic mass is 16.3. The van der Waals surface area contributed by atoms with E-state index in [-0.39, 0.29) is 11.8 Å². The van der Waals surface area contributed by atoms with Gasteiger partial charge in [0.2, 0.25) is 0 Å². The normalized spacial score (nSPS) is 11.4. The van der Waals surface area contributed by atoms with Gasteiger partial charge in [0.25, 0.3) is 0 Å². The van der Waals surface area contributed by atoms with E-state index in [1.165, 1.54) is 0 Å². The molecule has 1 aromatic rings. The molecule has 0 saturated carbocycles. The van der Waals surface area contributed by atoms with Crippen LogP contribution in [0, 0.1) is 6.92 Å². The molecule has 0 radical (unpaired) electrons. The van der Waals surface area contributed by atoms with Crippen molar-refractivity contribution in [2.24, 2.45) is 0 Å². The van der Waals surface area contributed by atoms with Gasteiger partial charge in [-0.2, -0.15) is 0 Å². The summed E-state index contributed by atoms with van der Waals surface area (Å²) in [4.78, 5) is 11.2. The second-order valence-electron chi connectivity index (χ2n) is 3.78. The van der Waals surface area contributed by atoms with Crippen LogP contribution in [-0.2, 0) is 11.2 Å². The Labute approximate surface area is 104 Å². The van der Waals surface area contributed by atoms with E-state index in [1.807, 2.05) is 32.9 Å². The van der Waals surface area contributed by atoms with Crippen LogP contribution in [0.2, 0.25) is 0 Å².